The number of para-hydroxylation sites is 1. The number of fused-ring (bicyclic) bond motifs is 1. The molecule has 4 N–H and O–H groups in total. The highest BCUT2D eigenvalue weighted by molar-refractivity contribution is 5.98. The first kappa shape index (κ1) is 39.3. The van der Waals surface area contributed by atoms with E-state index in [2.05, 4.69) is 30.9 Å². The first-order valence-corrected chi connectivity index (χ1v) is 18.4. The molecule has 0 aliphatic carbocycles. The Kier molecular flexibility index (Phi) is 12.8. The average molecular weight is 724 g/mol. The maximum Gasteiger partial charge on any atom is 0.270 e. The average Bonchev–Trinajstić information content (AvgIpc) is 3.09. The molecule has 5 atom stereocenters. The topological polar surface area (TPSA) is 159 Å². The van der Waals surface area contributed by atoms with Crippen LogP contribution < -0.4 is 20.7 Å². The number of β-amino-alcohol motifs (C(OH)–C–C–N with tert-alkyl or cyclic N) is 1. The van der Waals surface area contributed by atoms with Crippen LogP contribution in [0.2, 0.25) is 0 Å². The van der Waals surface area contributed by atoms with Crippen LogP contribution in [0.15, 0.2) is 72.8 Å². The van der Waals surface area contributed by atoms with E-state index < -0.39 is 41.6 Å². The van der Waals surface area contributed by atoms with Gasteiger partial charge >= 0.3 is 0 Å². The number of likely N-dealkylation sites (tertiary alicyclic amines) is 1. The number of aliphatic hydroxyl groups excluding tert-OH is 1. The molecule has 3 heterocycles. The van der Waals surface area contributed by atoms with Crippen molar-refractivity contribution in [1.82, 2.24) is 35.8 Å². The monoisotopic (exact) mass is 723 g/mol. The number of aryl methyl sites for hydroxylation is 2. The van der Waals surface area contributed by atoms with Crippen molar-refractivity contribution < 1.29 is 24.2 Å². The highest BCUT2D eigenvalue weighted by Crippen LogP contribution is 2.25. The molecule has 53 heavy (non-hydrogen) atoms. The van der Waals surface area contributed by atoms with Crippen LogP contribution in [-0.2, 0) is 16.0 Å². The molecule has 2 aromatic carbocycles. The minimum Gasteiger partial charge on any atom is -0.474 e. The summed E-state index contributed by atoms with van der Waals surface area (Å²) in [5.41, 5.74) is 2.14. The van der Waals surface area contributed by atoms with Crippen LogP contribution in [0.3, 0.4) is 0 Å². The third kappa shape index (κ3) is 11.0. The van der Waals surface area contributed by atoms with Gasteiger partial charge in [-0.15, -0.1) is 0 Å². The zero-order valence-corrected chi connectivity index (χ0v) is 31.8. The summed E-state index contributed by atoms with van der Waals surface area (Å²) < 4.78 is 6.28. The van der Waals surface area contributed by atoms with E-state index in [1.54, 1.807) is 12.1 Å². The molecule has 282 valence electrons. The zero-order valence-electron chi connectivity index (χ0n) is 31.8. The summed E-state index contributed by atoms with van der Waals surface area (Å²) in [5.74, 6) is -0.230. The fourth-order valence-corrected chi connectivity index (χ4v) is 6.68. The van der Waals surface area contributed by atoms with Crippen LogP contribution in [0, 0.1) is 19.8 Å². The number of rotatable bonds is 13. The quantitative estimate of drug-likeness (QED) is 0.158. The summed E-state index contributed by atoms with van der Waals surface area (Å²) in [5, 5.41) is 21.9. The summed E-state index contributed by atoms with van der Waals surface area (Å²) in [6.07, 6.45) is -0.00602. The number of hydrogen-bond acceptors (Lipinski definition) is 9. The lowest BCUT2D eigenvalue weighted by molar-refractivity contribution is -0.132. The molecule has 0 saturated carbocycles. The Morgan fingerprint density at radius 2 is 1.66 bits per heavy atom. The number of nitrogens with zero attached hydrogens (tertiary/aromatic N) is 4. The number of carbonyl (C=O) groups excluding carboxylic acids is 3. The second kappa shape index (κ2) is 17.3. The maximum absolute atomic E-state index is 14.0. The molecule has 4 aromatic rings. The van der Waals surface area contributed by atoms with Gasteiger partial charge in [0.15, 0.2) is 0 Å². The standard InChI is InChI=1S/C41H53N7O5/c1-25(2)37(46-38(50)32-18-17-29-15-11-12-16-31(29)44-32)40(52)45-33(22-28-13-9-8-10-14-28)35(49)24-48-20-19-30(23-34(48)39(51)47-41(5,6)7)53-36-21-26(3)42-27(4)43-36/h8-18,21,25,30,33-35,37,49H,19-20,22-24H2,1-7H3,(H,45,52)(H,46,50)(H,47,51)/t30?,33?,34?,35?,37-/m0/s1. The first-order valence-electron chi connectivity index (χ1n) is 18.4. The van der Waals surface area contributed by atoms with Crippen molar-refractivity contribution in [3.05, 3.63) is 95.6 Å². The number of aliphatic hydroxyl groups is 1. The Bertz CT molecular complexity index is 1860. The molecule has 5 rings (SSSR count). The Hall–Kier alpha value is -4.94. The predicted octanol–water partition coefficient (Wildman–Crippen LogP) is 4.31. The van der Waals surface area contributed by atoms with Crippen LogP contribution >= 0.6 is 0 Å². The molecule has 0 spiro atoms. The van der Waals surface area contributed by atoms with Gasteiger partial charge in [0, 0.05) is 42.2 Å². The van der Waals surface area contributed by atoms with Crippen LogP contribution in [0.4, 0.5) is 0 Å². The smallest absolute Gasteiger partial charge is 0.270 e. The number of piperidine rings is 1. The van der Waals surface area contributed by atoms with Gasteiger partial charge < -0.3 is 25.8 Å². The Morgan fingerprint density at radius 3 is 2.36 bits per heavy atom. The first-order chi connectivity index (χ1) is 25.1. The van der Waals surface area contributed by atoms with Crippen LogP contribution in [0.1, 0.15) is 75.0 Å². The lowest BCUT2D eigenvalue weighted by Gasteiger charge is -2.41. The van der Waals surface area contributed by atoms with Crippen molar-refractivity contribution in [3.8, 4) is 5.88 Å². The van der Waals surface area contributed by atoms with Crippen molar-refractivity contribution in [2.24, 2.45) is 5.92 Å². The highest BCUT2D eigenvalue weighted by Gasteiger charge is 2.38. The van der Waals surface area contributed by atoms with Crippen molar-refractivity contribution in [3.63, 3.8) is 0 Å². The van der Waals surface area contributed by atoms with Crippen molar-refractivity contribution in [2.75, 3.05) is 13.1 Å². The summed E-state index contributed by atoms with van der Waals surface area (Å²) in [7, 11) is 0. The van der Waals surface area contributed by atoms with E-state index in [1.165, 1.54) is 0 Å². The van der Waals surface area contributed by atoms with Gasteiger partial charge in [-0.25, -0.2) is 9.97 Å². The van der Waals surface area contributed by atoms with Gasteiger partial charge in [0.05, 0.1) is 23.7 Å². The Morgan fingerprint density at radius 1 is 0.943 bits per heavy atom. The molecule has 2 aromatic heterocycles. The van der Waals surface area contributed by atoms with Gasteiger partial charge in [-0.2, -0.15) is 4.98 Å². The Labute approximate surface area is 312 Å². The summed E-state index contributed by atoms with van der Waals surface area (Å²) >= 11 is 0. The normalized spacial score (nSPS) is 18.2. The van der Waals surface area contributed by atoms with E-state index in [-0.39, 0.29) is 30.2 Å². The molecule has 0 radical (unpaired) electrons. The van der Waals surface area contributed by atoms with Gasteiger partial charge in [0.1, 0.15) is 23.7 Å². The molecule has 3 amide bonds. The fraction of sp³-hybridized carbons (Fsp3) is 0.463. The molecule has 1 saturated heterocycles. The zero-order chi connectivity index (χ0) is 38.3. The minimum atomic E-state index is -1.06. The number of carbonyl (C=O) groups is 3. The summed E-state index contributed by atoms with van der Waals surface area (Å²) in [6, 6.07) is 20.2. The van der Waals surface area contributed by atoms with Gasteiger partial charge in [-0.05, 0) is 71.1 Å². The van der Waals surface area contributed by atoms with Crippen LogP contribution in [0.5, 0.6) is 5.88 Å². The number of nitrogens with one attached hydrogen (secondary N) is 3. The SMILES string of the molecule is Cc1cc(OC2CCN(CC(O)C(Cc3ccccc3)NC(=O)[C@@H](NC(=O)c3ccc4ccccc4n3)C(C)C)C(C(=O)NC(C)(C)C)C2)nc(C)n1. The summed E-state index contributed by atoms with van der Waals surface area (Å²) in [4.78, 5) is 56.4. The number of aromatic nitrogens is 3. The third-order valence-corrected chi connectivity index (χ3v) is 9.27. The molecular weight excluding hydrogens is 670 g/mol. The van der Waals surface area contributed by atoms with Crippen LogP contribution in [0.25, 0.3) is 10.9 Å². The van der Waals surface area contributed by atoms with Gasteiger partial charge in [0.2, 0.25) is 17.7 Å². The summed E-state index contributed by atoms with van der Waals surface area (Å²) in [6.45, 7) is 13.8. The number of ether oxygens (including phenoxy) is 1. The molecular formula is C41H53N7O5. The number of benzene rings is 2. The van der Waals surface area contributed by atoms with E-state index in [1.807, 2.05) is 114 Å². The number of hydrogen-bond donors (Lipinski definition) is 4. The number of pyridine rings is 1. The molecule has 12 heteroatoms. The largest absolute Gasteiger partial charge is 0.474 e. The molecule has 12 nitrogen and oxygen atoms in total. The molecule has 1 fully saturated rings. The molecule has 1 aliphatic rings. The van der Waals surface area contributed by atoms with E-state index in [0.29, 0.717) is 43.0 Å². The van der Waals surface area contributed by atoms with E-state index in [9.17, 15) is 19.5 Å². The van der Waals surface area contributed by atoms with E-state index in [0.717, 1.165) is 16.6 Å². The Balaban J connectivity index is 1.33. The predicted molar refractivity (Wildman–Crippen MR) is 204 cm³/mol. The lowest BCUT2D eigenvalue weighted by Crippen LogP contribution is -2.60. The van der Waals surface area contributed by atoms with E-state index >= 15 is 0 Å². The van der Waals surface area contributed by atoms with Crippen LogP contribution in [-0.4, -0.2) is 91.6 Å². The van der Waals surface area contributed by atoms with Crippen molar-refractivity contribution >= 4 is 28.6 Å². The lowest BCUT2D eigenvalue weighted by atomic mass is 9.94. The van der Waals surface area contributed by atoms with Gasteiger partial charge in [-0.1, -0.05) is 68.4 Å². The van der Waals surface area contributed by atoms with E-state index in [4.69, 9.17) is 4.74 Å². The van der Waals surface area contributed by atoms with Crippen molar-refractivity contribution in [2.45, 2.75) is 104 Å². The second-order valence-corrected chi connectivity index (χ2v) is 15.4. The fourth-order valence-electron chi connectivity index (χ4n) is 6.68. The van der Waals surface area contributed by atoms with Gasteiger partial charge in [0.25, 0.3) is 5.91 Å². The minimum absolute atomic E-state index is 0.123. The number of amides is 3. The molecule has 0 bridgehead atoms. The second-order valence-electron chi connectivity index (χ2n) is 15.4. The highest BCUT2D eigenvalue weighted by atomic mass is 16.5. The molecule has 1 aliphatic heterocycles. The van der Waals surface area contributed by atoms with Crippen molar-refractivity contribution in [1.29, 1.82) is 0 Å². The maximum atomic E-state index is 14.0. The molecule has 4 unspecified atom stereocenters. The van der Waals surface area contributed by atoms with Gasteiger partial charge in [-0.3, -0.25) is 19.3 Å². The third-order valence-electron chi connectivity index (χ3n) is 9.27.